The van der Waals surface area contributed by atoms with Crippen molar-refractivity contribution < 1.29 is 29.0 Å². The molecule has 0 atom stereocenters. The fourth-order valence-corrected chi connectivity index (χ4v) is 4.68. The van der Waals surface area contributed by atoms with Gasteiger partial charge in [-0.05, 0) is 63.1 Å². The van der Waals surface area contributed by atoms with Crippen molar-refractivity contribution in [3.63, 3.8) is 0 Å². The van der Waals surface area contributed by atoms with Crippen LogP contribution in [0.5, 0.6) is 11.5 Å². The van der Waals surface area contributed by atoms with Crippen molar-refractivity contribution in [2.75, 3.05) is 7.11 Å². The maximum absolute atomic E-state index is 14.1. The molecule has 0 unspecified atom stereocenters. The summed E-state index contributed by atoms with van der Waals surface area (Å²) in [4.78, 5) is 44.9. The number of Topliss-reactive ketones (excluding diaryl/α,β-unsaturated/α-hetero) is 1. The van der Waals surface area contributed by atoms with Crippen molar-refractivity contribution in [2.45, 2.75) is 54.6 Å². The normalized spacial score (nSPS) is 11.9. The van der Waals surface area contributed by atoms with Gasteiger partial charge in [0.25, 0.3) is 0 Å². The summed E-state index contributed by atoms with van der Waals surface area (Å²) >= 11 is 0. The molecule has 0 radical (unpaired) electrons. The second-order valence-electron chi connectivity index (χ2n) is 11.9. The summed E-state index contributed by atoms with van der Waals surface area (Å²) in [6.07, 6.45) is 1.66. The molecule has 8 nitrogen and oxygen atoms in total. The molecule has 1 aromatic carbocycles. The monoisotopic (exact) mass is 556 g/mol. The van der Waals surface area contributed by atoms with Crippen LogP contribution < -0.4 is 9.47 Å². The number of nitrogens with zero attached hydrogens (tertiary/aromatic N) is 2. The van der Waals surface area contributed by atoms with E-state index in [9.17, 15) is 19.5 Å². The third kappa shape index (κ3) is 6.16. The Morgan fingerprint density at radius 1 is 0.951 bits per heavy atom. The molecule has 4 aromatic rings. The Labute approximate surface area is 239 Å². The average molecular weight is 557 g/mol. The van der Waals surface area contributed by atoms with Gasteiger partial charge in [0, 0.05) is 34.5 Å². The molecule has 3 heterocycles. The van der Waals surface area contributed by atoms with Crippen LogP contribution in [0.15, 0.2) is 60.8 Å². The van der Waals surface area contributed by atoms with Crippen molar-refractivity contribution in [3.05, 3.63) is 94.6 Å². The summed E-state index contributed by atoms with van der Waals surface area (Å²) in [7, 11) is 1.52. The third-order valence-corrected chi connectivity index (χ3v) is 7.00. The lowest BCUT2D eigenvalue weighted by molar-refractivity contribution is -0.146. The van der Waals surface area contributed by atoms with E-state index < -0.39 is 16.8 Å². The van der Waals surface area contributed by atoms with Crippen LogP contribution in [0.25, 0.3) is 5.52 Å². The van der Waals surface area contributed by atoms with Gasteiger partial charge in [-0.15, -0.1) is 0 Å². The maximum atomic E-state index is 14.1. The molecule has 0 saturated heterocycles. The van der Waals surface area contributed by atoms with Crippen LogP contribution in [0.1, 0.15) is 78.0 Å². The van der Waals surface area contributed by atoms with Crippen molar-refractivity contribution >= 4 is 23.1 Å². The number of hydrogen-bond donors (Lipinski definition) is 1. The van der Waals surface area contributed by atoms with Gasteiger partial charge < -0.3 is 19.0 Å². The second-order valence-corrected chi connectivity index (χ2v) is 11.9. The number of methoxy groups -OCH3 is 1. The molecule has 3 aromatic heterocycles. The van der Waals surface area contributed by atoms with E-state index in [2.05, 4.69) is 4.98 Å². The van der Waals surface area contributed by atoms with Crippen LogP contribution in [0.2, 0.25) is 0 Å². The minimum absolute atomic E-state index is 0.0321. The summed E-state index contributed by atoms with van der Waals surface area (Å²) in [5.41, 5.74) is 1.35. The molecule has 0 aliphatic heterocycles. The van der Waals surface area contributed by atoms with E-state index >= 15 is 0 Å². The number of hydrogen-bond acceptors (Lipinski definition) is 6. The van der Waals surface area contributed by atoms with E-state index in [-0.39, 0.29) is 30.3 Å². The van der Waals surface area contributed by atoms with Gasteiger partial charge in [-0.1, -0.05) is 39.0 Å². The molecule has 1 N–H and O–H groups in total. The number of ether oxygens (including phenoxy) is 2. The Morgan fingerprint density at radius 3 is 2.29 bits per heavy atom. The zero-order valence-electron chi connectivity index (χ0n) is 24.6. The summed E-state index contributed by atoms with van der Waals surface area (Å²) in [6, 6.07) is 15.9. The van der Waals surface area contributed by atoms with Gasteiger partial charge in [0.2, 0.25) is 5.78 Å². The third-order valence-electron chi connectivity index (χ3n) is 7.00. The fourth-order valence-electron chi connectivity index (χ4n) is 4.68. The number of carbonyl (C=O) groups excluding carboxylic acids is 2. The highest BCUT2D eigenvalue weighted by Gasteiger charge is 2.37. The molecule has 0 aliphatic carbocycles. The molecular weight excluding hydrogens is 520 g/mol. The van der Waals surface area contributed by atoms with Crippen LogP contribution in [-0.4, -0.2) is 39.1 Å². The largest absolute Gasteiger partial charge is 0.497 e. The number of carboxylic acids is 1. The number of fused-ring (bicyclic) bond motifs is 1. The predicted molar refractivity (Wildman–Crippen MR) is 156 cm³/mol. The quantitative estimate of drug-likeness (QED) is 0.227. The number of ketones is 2. The number of carbonyl (C=O) groups is 3. The zero-order chi connectivity index (χ0) is 30.1. The van der Waals surface area contributed by atoms with E-state index in [1.807, 2.05) is 25.1 Å². The highest BCUT2D eigenvalue weighted by Crippen LogP contribution is 2.37. The number of aliphatic carboxylic acids is 1. The maximum Gasteiger partial charge on any atom is 0.309 e. The number of rotatable bonds is 10. The van der Waals surface area contributed by atoms with Crippen LogP contribution >= 0.6 is 0 Å². The average Bonchev–Trinajstić information content (AvgIpc) is 3.22. The summed E-state index contributed by atoms with van der Waals surface area (Å²) in [5.74, 6) is -0.577. The topological polar surface area (TPSA) is 107 Å². The first-order chi connectivity index (χ1) is 19.2. The number of aromatic nitrogens is 2. The minimum atomic E-state index is -1.25. The SMILES string of the molecule is COc1cccc(C(=O)c2c(CC(C)(C)C(=O)O)c(C(=O)C(C)(C)C)c3cc(OCc4cccc(C)n4)ccn23)c1. The van der Waals surface area contributed by atoms with Crippen molar-refractivity contribution in [1.29, 1.82) is 0 Å². The van der Waals surface area contributed by atoms with Gasteiger partial charge in [0.1, 0.15) is 18.1 Å². The fraction of sp³-hybridized carbons (Fsp3) is 0.333. The lowest BCUT2D eigenvalue weighted by atomic mass is 9.79. The van der Waals surface area contributed by atoms with Crippen molar-refractivity contribution in [1.82, 2.24) is 9.38 Å². The lowest BCUT2D eigenvalue weighted by Crippen LogP contribution is -2.29. The van der Waals surface area contributed by atoms with E-state index in [1.54, 1.807) is 81.6 Å². The zero-order valence-corrected chi connectivity index (χ0v) is 24.6. The molecule has 41 heavy (non-hydrogen) atoms. The molecule has 0 bridgehead atoms. The van der Waals surface area contributed by atoms with Gasteiger partial charge in [-0.3, -0.25) is 19.4 Å². The Hall–Kier alpha value is -4.46. The van der Waals surface area contributed by atoms with Crippen molar-refractivity contribution in [2.24, 2.45) is 10.8 Å². The smallest absolute Gasteiger partial charge is 0.309 e. The Morgan fingerprint density at radius 2 is 1.66 bits per heavy atom. The van der Waals surface area contributed by atoms with Crippen LogP contribution in [0, 0.1) is 17.8 Å². The van der Waals surface area contributed by atoms with Crippen LogP contribution in [-0.2, 0) is 17.8 Å². The van der Waals surface area contributed by atoms with E-state index in [0.29, 0.717) is 33.7 Å². The summed E-state index contributed by atoms with van der Waals surface area (Å²) < 4.78 is 13.1. The van der Waals surface area contributed by atoms with Crippen LogP contribution in [0.3, 0.4) is 0 Å². The number of benzene rings is 1. The van der Waals surface area contributed by atoms with Gasteiger partial charge in [0.15, 0.2) is 5.78 Å². The van der Waals surface area contributed by atoms with Gasteiger partial charge in [-0.2, -0.15) is 0 Å². The van der Waals surface area contributed by atoms with Crippen molar-refractivity contribution in [3.8, 4) is 11.5 Å². The minimum Gasteiger partial charge on any atom is -0.497 e. The molecular formula is C33H36N2O6. The second kappa shape index (κ2) is 11.2. The summed E-state index contributed by atoms with van der Waals surface area (Å²) in [5, 5.41) is 10.0. The highest BCUT2D eigenvalue weighted by molar-refractivity contribution is 6.15. The number of aryl methyl sites for hydroxylation is 1. The first-order valence-electron chi connectivity index (χ1n) is 13.4. The van der Waals surface area contributed by atoms with Crippen LogP contribution in [0.4, 0.5) is 0 Å². The van der Waals surface area contributed by atoms with Gasteiger partial charge in [0.05, 0.1) is 29.4 Å². The Kier molecular flexibility index (Phi) is 8.06. The van der Waals surface area contributed by atoms with Gasteiger partial charge >= 0.3 is 5.97 Å². The Balaban J connectivity index is 1.96. The molecule has 0 aliphatic rings. The van der Waals surface area contributed by atoms with E-state index in [4.69, 9.17) is 9.47 Å². The number of pyridine rings is 2. The predicted octanol–water partition coefficient (Wildman–Crippen LogP) is 6.34. The van der Waals surface area contributed by atoms with Gasteiger partial charge in [-0.25, -0.2) is 0 Å². The molecule has 4 rings (SSSR count). The molecule has 0 saturated carbocycles. The first kappa shape index (κ1) is 29.5. The summed E-state index contributed by atoms with van der Waals surface area (Å²) in [6.45, 7) is 10.7. The standard InChI is InChI=1S/C33H36N2O6/c1-20-10-8-12-22(34-20)19-41-24-14-15-35-26(17-24)27(30(37)32(2,3)4)25(18-33(5,6)31(38)39)28(35)29(36)21-11-9-13-23(16-21)40-7/h8-17H,18-19H2,1-7H3,(H,38,39). The molecule has 8 heteroatoms. The Bertz CT molecular complexity index is 1640. The van der Waals surface area contributed by atoms with E-state index in [0.717, 1.165) is 11.4 Å². The molecule has 0 spiro atoms. The van der Waals surface area contributed by atoms with E-state index in [1.165, 1.54) is 7.11 Å². The molecule has 0 amide bonds. The first-order valence-corrected chi connectivity index (χ1v) is 13.4. The molecule has 0 fully saturated rings. The molecule has 214 valence electrons. The lowest BCUT2D eigenvalue weighted by Gasteiger charge is -2.22. The number of carboxylic acid groups (broad SMARTS) is 1. The highest BCUT2D eigenvalue weighted by atomic mass is 16.5.